The molecule has 0 bridgehead atoms. The molecule has 0 amide bonds. The molecule has 1 unspecified atom stereocenters. The minimum Gasteiger partial charge on any atom is -0.379 e. The van der Waals surface area contributed by atoms with E-state index in [2.05, 4.69) is 21.4 Å². The first-order chi connectivity index (χ1) is 12.0. The second kappa shape index (κ2) is 6.28. The van der Waals surface area contributed by atoms with Gasteiger partial charge in [0.25, 0.3) is 0 Å². The van der Waals surface area contributed by atoms with Crippen molar-refractivity contribution in [3.05, 3.63) is 46.1 Å². The van der Waals surface area contributed by atoms with Gasteiger partial charge in [-0.15, -0.1) is 0 Å². The molecule has 1 aliphatic heterocycles. The van der Waals surface area contributed by atoms with Gasteiger partial charge in [0.2, 0.25) is 0 Å². The highest BCUT2D eigenvalue weighted by molar-refractivity contribution is 6.08. The molecule has 132 valence electrons. The number of nitrogens with one attached hydrogen (secondary N) is 1. The predicted molar refractivity (Wildman–Crippen MR) is 96.6 cm³/mol. The van der Waals surface area contributed by atoms with Crippen molar-refractivity contribution in [1.82, 2.24) is 14.5 Å². The number of fused-ring (bicyclic) bond motifs is 3. The number of morpholine rings is 1. The highest BCUT2D eigenvalue weighted by Gasteiger charge is 2.21. The van der Waals surface area contributed by atoms with Gasteiger partial charge in [0.05, 0.1) is 24.2 Å². The van der Waals surface area contributed by atoms with E-state index in [9.17, 15) is 9.18 Å². The minimum absolute atomic E-state index is 0.0299. The first kappa shape index (κ1) is 16.3. The first-order valence-corrected chi connectivity index (χ1v) is 8.68. The highest BCUT2D eigenvalue weighted by Crippen LogP contribution is 2.30. The summed E-state index contributed by atoms with van der Waals surface area (Å²) in [5.41, 5.74) is 2.57. The number of hydrogen-bond acceptors (Lipinski definition) is 3. The van der Waals surface area contributed by atoms with Gasteiger partial charge in [-0.25, -0.2) is 0 Å². The number of hydrogen-bond donors (Lipinski definition) is 1. The molecule has 1 atom stereocenters. The molecule has 1 aromatic carbocycles. The number of rotatable bonds is 3. The fourth-order valence-electron chi connectivity index (χ4n) is 3.90. The number of halogens is 1. The third-order valence-corrected chi connectivity index (χ3v) is 5.12. The van der Waals surface area contributed by atoms with E-state index in [1.54, 1.807) is 18.2 Å². The number of pyridine rings is 1. The van der Waals surface area contributed by atoms with Crippen molar-refractivity contribution in [1.29, 1.82) is 0 Å². The maximum absolute atomic E-state index is 13.9. The average Bonchev–Trinajstić information content (AvgIpc) is 2.89. The molecule has 1 saturated heterocycles. The van der Waals surface area contributed by atoms with E-state index in [0.29, 0.717) is 6.04 Å². The van der Waals surface area contributed by atoms with E-state index in [1.807, 2.05) is 6.92 Å². The van der Waals surface area contributed by atoms with Crippen LogP contribution in [0, 0.1) is 12.9 Å². The Kier molecular flexibility index (Phi) is 4.09. The molecule has 0 radical (unpaired) electrons. The smallest absolute Gasteiger partial charge is 0.191 e. The van der Waals surface area contributed by atoms with Crippen LogP contribution in [0.15, 0.2) is 29.1 Å². The Balaban J connectivity index is 1.88. The number of aromatic nitrogens is 2. The summed E-state index contributed by atoms with van der Waals surface area (Å²) in [6, 6.07) is 6.81. The molecule has 1 N–H and O–H groups in total. The van der Waals surface area contributed by atoms with Crippen molar-refractivity contribution in [3.63, 3.8) is 0 Å². The fraction of sp³-hybridized carbons (Fsp3) is 0.421. The number of aryl methyl sites for hydroxylation is 1. The third kappa shape index (κ3) is 2.85. The SMILES string of the molecule is Cc1[nH]c(F)cc2c3ccc(=O)cc3n(CC(C)N3CCOCC3)c12. The van der Waals surface area contributed by atoms with Gasteiger partial charge in [-0.05, 0) is 26.0 Å². The van der Waals surface area contributed by atoms with Crippen LogP contribution < -0.4 is 5.43 Å². The van der Waals surface area contributed by atoms with Crippen molar-refractivity contribution in [2.75, 3.05) is 26.3 Å². The van der Waals surface area contributed by atoms with Crippen LogP contribution in [0.25, 0.3) is 21.8 Å². The Hall–Kier alpha value is -2.18. The first-order valence-electron chi connectivity index (χ1n) is 8.68. The zero-order chi connectivity index (χ0) is 17.6. The Labute approximate surface area is 145 Å². The average molecular weight is 343 g/mol. The monoisotopic (exact) mass is 343 g/mol. The quantitative estimate of drug-likeness (QED) is 0.744. The van der Waals surface area contributed by atoms with Crippen LogP contribution in [0.5, 0.6) is 0 Å². The second-order valence-electron chi connectivity index (χ2n) is 6.79. The van der Waals surface area contributed by atoms with Gasteiger partial charge >= 0.3 is 0 Å². The molecule has 0 saturated carbocycles. The Morgan fingerprint density at radius 3 is 2.76 bits per heavy atom. The normalized spacial score (nSPS) is 17.4. The Morgan fingerprint density at radius 1 is 1.24 bits per heavy atom. The van der Waals surface area contributed by atoms with Gasteiger partial charge in [-0.1, -0.05) is 0 Å². The summed E-state index contributed by atoms with van der Waals surface area (Å²) < 4.78 is 21.5. The van der Waals surface area contributed by atoms with Crippen molar-refractivity contribution >= 4 is 21.8 Å². The molecule has 5 nitrogen and oxygen atoms in total. The molecule has 1 fully saturated rings. The summed E-state index contributed by atoms with van der Waals surface area (Å²) in [4.78, 5) is 17.1. The lowest BCUT2D eigenvalue weighted by molar-refractivity contribution is 0.0174. The summed E-state index contributed by atoms with van der Waals surface area (Å²) >= 11 is 0. The zero-order valence-electron chi connectivity index (χ0n) is 14.5. The van der Waals surface area contributed by atoms with Gasteiger partial charge in [0.15, 0.2) is 11.4 Å². The summed E-state index contributed by atoms with van der Waals surface area (Å²) in [6.07, 6.45) is 0. The van der Waals surface area contributed by atoms with E-state index < -0.39 is 0 Å². The molecule has 0 spiro atoms. The number of H-pyrrole nitrogens is 1. The summed E-state index contributed by atoms with van der Waals surface area (Å²) in [6.45, 7) is 8.12. The van der Waals surface area contributed by atoms with E-state index >= 15 is 0 Å². The topological polar surface area (TPSA) is 50.3 Å². The van der Waals surface area contributed by atoms with E-state index in [4.69, 9.17) is 4.74 Å². The molecule has 0 aliphatic carbocycles. The lowest BCUT2D eigenvalue weighted by Crippen LogP contribution is -2.43. The van der Waals surface area contributed by atoms with Crippen molar-refractivity contribution in [2.45, 2.75) is 26.4 Å². The number of ether oxygens (including phenoxy) is 1. The largest absolute Gasteiger partial charge is 0.379 e. The molecule has 6 heteroatoms. The van der Waals surface area contributed by atoms with E-state index in [-0.39, 0.29) is 11.4 Å². The highest BCUT2D eigenvalue weighted by atomic mass is 19.1. The molecule has 3 heterocycles. The van der Waals surface area contributed by atoms with Crippen LogP contribution in [-0.2, 0) is 11.3 Å². The Morgan fingerprint density at radius 2 is 2.00 bits per heavy atom. The molecular formula is C19H22FN3O2. The molecule has 2 aromatic heterocycles. The maximum Gasteiger partial charge on any atom is 0.191 e. The molecule has 25 heavy (non-hydrogen) atoms. The summed E-state index contributed by atoms with van der Waals surface area (Å²) in [5.74, 6) is -0.364. The molecule has 1 aliphatic rings. The van der Waals surface area contributed by atoms with Crippen LogP contribution in [0.3, 0.4) is 0 Å². The summed E-state index contributed by atoms with van der Waals surface area (Å²) in [7, 11) is 0. The molecule has 4 rings (SSSR count). The van der Waals surface area contributed by atoms with Crippen LogP contribution in [0.1, 0.15) is 12.6 Å². The standard InChI is InChI=1S/C19H22FN3O2/c1-12(22-5-7-25-8-6-22)11-23-17-9-14(24)3-4-15(17)16-10-18(20)21-13(2)19(16)23/h3-4,9-10,12,21H,5-8,11H2,1-2H3. The number of benzene rings is 1. The predicted octanol–water partition coefficient (Wildman–Crippen LogP) is 2.65. The second-order valence-corrected chi connectivity index (χ2v) is 6.79. The van der Waals surface area contributed by atoms with Crippen LogP contribution in [-0.4, -0.2) is 46.8 Å². The lowest BCUT2D eigenvalue weighted by Gasteiger charge is -2.32. The molecular weight excluding hydrogens is 321 g/mol. The summed E-state index contributed by atoms with van der Waals surface area (Å²) in [5, 5.41) is 1.76. The zero-order valence-corrected chi connectivity index (χ0v) is 14.5. The van der Waals surface area contributed by atoms with Crippen LogP contribution in [0.2, 0.25) is 0 Å². The minimum atomic E-state index is -0.364. The van der Waals surface area contributed by atoms with Crippen LogP contribution in [0.4, 0.5) is 4.39 Å². The molecule has 3 aromatic rings. The van der Waals surface area contributed by atoms with Gasteiger partial charge in [0, 0.05) is 54.3 Å². The van der Waals surface area contributed by atoms with Gasteiger partial charge in [0.1, 0.15) is 0 Å². The van der Waals surface area contributed by atoms with Gasteiger partial charge in [-0.2, -0.15) is 4.39 Å². The number of nitrogens with zero attached hydrogens (tertiary/aromatic N) is 2. The fourth-order valence-corrected chi connectivity index (χ4v) is 3.90. The Bertz CT molecular complexity index is 986. The third-order valence-electron chi connectivity index (χ3n) is 5.12. The maximum atomic E-state index is 13.9. The van der Waals surface area contributed by atoms with Crippen molar-refractivity contribution < 1.29 is 9.13 Å². The van der Waals surface area contributed by atoms with Crippen molar-refractivity contribution in [3.8, 4) is 0 Å². The van der Waals surface area contributed by atoms with E-state index in [1.165, 1.54) is 6.07 Å². The van der Waals surface area contributed by atoms with Crippen molar-refractivity contribution in [2.24, 2.45) is 0 Å². The van der Waals surface area contributed by atoms with E-state index in [0.717, 1.165) is 60.3 Å². The number of aromatic amines is 1. The van der Waals surface area contributed by atoms with Crippen LogP contribution >= 0.6 is 0 Å². The van der Waals surface area contributed by atoms with Gasteiger partial charge in [-0.3, -0.25) is 9.69 Å². The van der Waals surface area contributed by atoms with Gasteiger partial charge < -0.3 is 14.3 Å². The lowest BCUT2D eigenvalue weighted by atomic mass is 10.1.